The highest BCUT2D eigenvalue weighted by molar-refractivity contribution is 7.98. The molecule has 174 valence electrons. The van der Waals surface area contributed by atoms with Crippen molar-refractivity contribution in [1.29, 1.82) is 0 Å². The summed E-state index contributed by atoms with van der Waals surface area (Å²) < 4.78 is 1.87. The molecule has 4 rings (SSSR count). The third kappa shape index (κ3) is 5.73. The highest BCUT2D eigenvalue weighted by Gasteiger charge is 2.16. The van der Waals surface area contributed by atoms with Crippen LogP contribution in [0.4, 0.5) is 17.6 Å². The van der Waals surface area contributed by atoms with Crippen molar-refractivity contribution in [2.45, 2.75) is 38.2 Å². The first-order chi connectivity index (χ1) is 16.4. The number of thioether (sulfide) groups is 1. The molecule has 0 aliphatic rings. The van der Waals surface area contributed by atoms with Gasteiger partial charge in [-0.15, -0.1) is 10.2 Å². The summed E-state index contributed by atoms with van der Waals surface area (Å²) in [5.41, 5.74) is 3.94. The lowest BCUT2D eigenvalue weighted by molar-refractivity contribution is 0.102. The zero-order valence-corrected chi connectivity index (χ0v) is 20.6. The zero-order valence-electron chi connectivity index (χ0n) is 19.0. The number of anilines is 3. The van der Waals surface area contributed by atoms with Gasteiger partial charge < -0.3 is 5.32 Å². The number of amides is 1. The number of halogens is 1. The average Bonchev–Trinajstić information content (AvgIpc) is 3.19. The third-order valence-electron chi connectivity index (χ3n) is 4.94. The fraction of sp³-hybridized carbons (Fsp3) is 0.208. The minimum atomic E-state index is -0.283. The normalized spacial score (nSPS) is 10.8. The SMILES string of the molecule is CCn1c(NC(=O)c2cccc(Nc3nc(C)cc(C)n3)c2)nnc1SCc1ccccc1Cl. The van der Waals surface area contributed by atoms with Crippen LogP contribution >= 0.6 is 23.4 Å². The Bertz CT molecular complexity index is 1300. The van der Waals surface area contributed by atoms with Gasteiger partial charge in [-0.25, -0.2) is 9.97 Å². The number of benzene rings is 2. The van der Waals surface area contributed by atoms with E-state index < -0.39 is 0 Å². The predicted molar refractivity (Wildman–Crippen MR) is 136 cm³/mol. The maximum absolute atomic E-state index is 13.0. The third-order valence-corrected chi connectivity index (χ3v) is 6.32. The lowest BCUT2D eigenvalue weighted by atomic mass is 10.2. The number of rotatable bonds is 8. The van der Waals surface area contributed by atoms with Crippen molar-refractivity contribution in [2.24, 2.45) is 0 Å². The van der Waals surface area contributed by atoms with E-state index in [1.807, 2.05) is 61.7 Å². The molecule has 4 aromatic rings. The quantitative estimate of drug-likeness (QED) is 0.306. The van der Waals surface area contributed by atoms with E-state index in [1.54, 1.807) is 18.2 Å². The van der Waals surface area contributed by atoms with Gasteiger partial charge in [0.15, 0.2) is 5.16 Å². The highest BCUT2D eigenvalue weighted by Crippen LogP contribution is 2.27. The molecule has 0 unspecified atom stereocenters. The summed E-state index contributed by atoms with van der Waals surface area (Å²) in [6.45, 7) is 6.41. The number of aromatic nitrogens is 5. The molecule has 0 atom stereocenters. The summed E-state index contributed by atoms with van der Waals surface area (Å²) in [7, 11) is 0. The molecule has 2 aromatic carbocycles. The van der Waals surface area contributed by atoms with Crippen LogP contribution in [0.15, 0.2) is 59.8 Å². The van der Waals surface area contributed by atoms with Crippen LogP contribution in [-0.2, 0) is 12.3 Å². The number of hydrogen-bond acceptors (Lipinski definition) is 7. The van der Waals surface area contributed by atoms with Crippen molar-refractivity contribution in [3.63, 3.8) is 0 Å². The first-order valence-electron chi connectivity index (χ1n) is 10.7. The molecule has 0 radical (unpaired) electrons. The zero-order chi connectivity index (χ0) is 24.1. The second kappa shape index (κ2) is 10.7. The van der Waals surface area contributed by atoms with Gasteiger partial charge in [0.2, 0.25) is 11.9 Å². The monoisotopic (exact) mass is 493 g/mol. The molecule has 0 spiro atoms. The second-order valence-corrected chi connectivity index (χ2v) is 8.91. The van der Waals surface area contributed by atoms with Gasteiger partial charge in [-0.2, -0.15) is 0 Å². The summed E-state index contributed by atoms with van der Waals surface area (Å²) in [6, 6.07) is 16.7. The van der Waals surface area contributed by atoms with Crippen LogP contribution in [0.2, 0.25) is 5.02 Å². The summed E-state index contributed by atoms with van der Waals surface area (Å²) >= 11 is 7.78. The van der Waals surface area contributed by atoms with Crippen LogP contribution in [0.5, 0.6) is 0 Å². The molecule has 1 amide bonds. The molecular formula is C24H24ClN7OS. The molecule has 0 aliphatic carbocycles. The standard InChI is InChI=1S/C24H24ClN7OS/c1-4-32-23(30-31-24(32)34-14-18-8-5-6-11-20(18)25)29-21(33)17-9-7-10-19(13-17)28-22-26-15(2)12-16(3)27-22/h5-13H,4,14H2,1-3H3,(H,26,27,28)(H,29,30,33). The maximum Gasteiger partial charge on any atom is 0.258 e. The molecule has 10 heteroatoms. The molecule has 2 N–H and O–H groups in total. The van der Waals surface area contributed by atoms with Gasteiger partial charge in [0, 0.05) is 40.0 Å². The molecule has 8 nitrogen and oxygen atoms in total. The Kier molecular flexibility index (Phi) is 7.44. The topological polar surface area (TPSA) is 97.6 Å². The van der Waals surface area contributed by atoms with E-state index in [4.69, 9.17) is 11.6 Å². The van der Waals surface area contributed by atoms with Crippen LogP contribution < -0.4 is 10.6 Å². The van der Waals surface area contributed by atoms with Gasteiger partial charge in [0.05, 0.1) is 0 Å². The van der Waals surface area contributed by atoms with Gasteiger partial charge >= 0.3 is 0 Å². The van der Waals surface area contributed by atoms with E-state index in [2.05, 4.69) is 30.8 Å². The number of carbonyl (C=O) groups excluding carboxylic acids is 1. The molecule has 2 aromatic heterocycles. The van der Waals surface area contributed by atoms with Gasteiger partial charge in [-0.1, -0.05) is 47.6 Å². The second-order valence-electron chi connectivity index (χ2n) is 7.56. The van der Waals surface area contributed by atoms with Crippen LogP contribution in [0.1, 0.15) is 34.2 Å². The first-order valence-corrected chi connectivity index (χ1v) is 12.1. The van der Waals surface area contributed by atoms with E-state index in [1.165, 1.54) is 11.8 Å². The number of carbonyl (C=O) groups is 1. The largest absolute Gasteiger partial charge is 0.324 e. The molecule has 0 fully saturated rings. The van der Waals surface area contributed by atoms with Gasteiger partial charge in [0.1, 0.15) is 0 Å². The van der Waals surface area contributed by atoms with Gasteiger partial charge in [-0.05, 0) is 56.7 Å². The fourth-order valence-corrected chi connectivity index (χ4v) is 4.64. The Balaban J connectivity index is 1.46. The van der Waals surface area contributed by atoms with E-state index in [0.717, 1.165) is 17.0 Å². The van der Waals surface area contributed by atoms with Crippen molar-refractivity contribution in [3.8, 4) is 0 Å². The summed E-state index contributed by atoms with van der Waals surface area (Å²) in [4.78, 5) is 21.7. The summed E-state index contributed by atoms with van der Waals surface area (Å²) in [6.07, 6.45) is 0. The van der Waals surface area contributed by atoms with Crippen molar-refractivity contribution in [2.75, 3.05) is 10.6 Å². The summed E-state index contributed by atoms with van der Waals surface area (Å²) in [5, 5.41) is 15.9. The predicted octanol–water partition coefficient (Wildman–Crippen LogP) is 5.65. The van der Waals surface area contributed by atoms with E-state index in [-0.39, 0.29) is 5.91 Å². The molecule has 0 aliphatic heterocycles. The van der Waals surface area contributed by atoms with E-state index in [9.17, 15) is 4.79 Å². The molecule has 0 saturated carbocycles. The lowest BCUT2D eigenvalue weighted by Gasteiger charge is -2.10. The number of hydrogen-bond donors (Lipinski definition) is 2. The fourth-order valence-electron chi connectivity index (χ4n) is 3.35. The van der Waals surface area contributed by atoms with Crippen molar-refractivity contribution >= 4 is 46.9 Å². The Morgan fingerprint density at radius 2 is 1.79 bits per heavy atom. The van der Waals surface area contributed by atoms with Crippen molar-refractivity contribution in [3.05, 3.63) is 82.1 Å². The van der Waals surface area contributed by atoms with E-state index >= 15 is 0 Å². The summed E-state index contributed by atoms with van der Waals surface area (Å²) in [5.74, 6) is 1.25. The number of nitrogens with zero attached hydrogens (tertiary/aromatic N) is 5. The number of nitrogens with one attached hydrogen (secondary N) is 2. The Morgan fingerprint density at radius 1 is 1.03 bits per heavy atom. The van der Waals surface area contributed by atoms with Crippen molar-refractivity contribution < 1.29 is 4.79 Å². The minimum Gasteiger partial charge on any atom is -0.324 e. The average molecular weight is 494 g/mol. The molecule has 34 heavy (non-hydrogen) atoms. The van der Waals surface area contributed by atoms with Crippen LogP contribution in [0.25, 0.3) is 0 Å². The molecule has 2 heterocycles. The van der Waals surface area contributed by atoms with Crippen LogP contribution in [0.3, 0.4) is 0 Å². The smallest absolute Gasteiger partial charge is 0.258 e. The molecule has 0 bridgehead atoms. The first kappa shape index (κ1) is 23.7. The minimum absolute atomic E-state index is 0.283. The molecule has 0 saturated heterocycles. The van der Waals surface area contributed by atoms with Crippen LogP contribution in [0, 0.1) is 13.8 Å². The Labute approximate surface area is 207 Å². The molecular weight excluding hydrogens is 470 g/mol. The van der Waals surface area contributed by atoms with Gasteiger partial charge in [-0.3, -0.25) is 14.7 Å². The Hall–Kier alpha value is -3.43. The number of aryl methyl sites for hydroxylation is 2. The lowest BCUT2D eigenvalue weighted by Crippen LogP contribution is -2.16. The van der Waals surface area contributed by atoms with Crippen LogP contribution in [-0.4, -0.2) is 30.6 Å². The van der Waals surface area contributed by atoms with Gasteiger partial charge in [0.25, 0.3) is 5.91 Å². The highest BCUT2D eigenvalue weighted by atomic mass is 35.5. The maximum atomic E-state index is 13.0. The van der Waals surface area contributed by atoms with Crippen molar-refractivity contribution in [1.82, 2.24) is 24.7 Å². The van der Waals surface area contributed by atoms with E-state index in [0.29, 0.717) is 45.6 Å². The Morgan fingerprint density at radius 3 is 2.53 bits per heavy atom.